The lowest BCUT2D eigenvalue weighted by Crippen LogP contribution is -2.48. The first kappa shape index (κ1) is 26.2. The average Bonchev–Trinajstić information content (AvgIpc) is 3.49. The fourth-order valence-corrected chi connectivity index (χ4v) is 4.52. The lowest BCUT2D eigenvalue weighted by atomic mass is 9.94. The smallest absolute Gasteiger partial charge is 0.246 e. The van der Waals surface area contributed by atoms with Crippen molar-refractivity contribution in [3.63, 3.8) is 0 Å². The second-order valence-electron chi connectivity index (χ2n) is 9.81. The van der Waals surface area contributed by atoms with Gasteiger partial charge in [0.15, 0.2) is 5.82 Å². The lowest BCUT2D eigenvalue weighted by Gasteiger charge is -2.27. The molecule has 1 N–H and O–H groups in total. The van der Waals surface area contributed by atoms with Crippen LogP contribution < -0.4 is 10.2 Å². The molecular formula is C27H32F2N6O2. The number of hydrogen-bond acceptors (Lipinski definition) is 5. The highest BCUT2D eigenvalue weighted by Crippen LogP contribution is 2.28. The Morgan fingerprint density at radius 3 is 2.49 bits per heavy atom. The van der Waals surface area contributed by atoms with E-state index in [4.69, 9.17) is 0 Å². The van der Waals surface area contributed by atoms with E-state index in [-0.39, 0.29) is 31.2 Å². The van der Waals surface area contributed by atoms with E-state index in [1.807, 2.05) is 44.2 Å². The van der Waals surface area contributed by atoms with Crippen LogP contribution >= 0.6 is 0 Å². The van der Waals surface area contributed by atoms with Crippen LogP contribution in [-0.4, -0.2) is 64.6 Å². The molecule has 37 heavy (non-hydrogen) atoms. The molecule has 0 spiro atoms. The Balaban J connectivity index is 1.56. The Labute approximate surface area is 215 Å². The molecule has 1 fully saturated rings. The van der Waals surface area contributed by atoms with Gasteiger partial charge in [0.2, 0.25) is 11.8 Å². The number of anilines is 1. The minimum atomic E-state index is -1.33. The van der Waals surface area contributed by atoms with Crippen LogP contribution in [0.4, 0.5) is 14.6 Å². The third-order valence-corrected chi connectivity index (χ3v) is 6.53. The highest BCUT2D eigenvalue weighted by atomic mass is 19.1. The van der Waals surface area contributed by atoms with Crippen LogP contribution in [0.3, 0.4) is 0 Å². The molecule has 196 valence electrons. The standard InChI is InChI=1S/C27H32F2N6O2/c1-17(2)21-11-10-19(12-22(21)29)26(18-8-6-5-7-9-18)31-27(37)23-13-20(28)15-34(23)25(36)16-35-30-14-24(32-35)33(3)4/h5-12,14,17,20,23,26H,13,15-16H2,1-4H3,(H,31,37). The molecule has 1 aliphatic rings. The number of carbonyl (C=O) groups excluding carboxylic acids is 2. The topological polar surface area (TPSA) is 83.4 Å². The van der Waals surface area contributed by atoms with Gasteiger partial charge in [-0.2, -0.15) is 9.90 Å². The molecule has 2 amide bonds. The molecular weight excluding hydrogens is 478 g/mol. The monoisotopic (exact) mass is 510 g/mol. The number of amides is 2. The van der Waals surface area contributed by atoms with Crippen molar-refractivity contribution in [2.24, 2.45) is 0 Å². The van der Waals surface area contributed by atoms with Crippen molar-refractivity contribution in [3.05, 3.63) is 77.2 Å². The number of nitrogens with one attached hydrogen (secondary N) is 1. The summed E-state index contributed by atoms with van der Waals surface area (Å²) in [6.07, 6.45) is 0.0727. The van der Waals surface area contributed by atoms with Gasteiger partial charge in [0.05, 0.1) is 18.8 Å². The van der Waals surface area contributed by atoms with E-state index in [0.717, 1.165) is 5.56 Å². The maximum atomic E-state index is 14.9. The Bertz CT molecular complexity index is 1250. The second kappa shape index (κ2) is 11.1. The molecule has 2 aromatic carbocycles. The zero-order chi connectivity index (χ0) is 26.7. The number of benzene rings is 2. The van der Waals surface area contributed by atoms with Gasteiger partial charge >= 0.3 is 0 Å². The van der Waals surface area contributed by atoms with Crippen molar-refractivity contribution < 1.29 is 18.4 Å². The Morgan fingerprint density at radius 1 is 1.14 bits per heavy atom. The predicted molar refractivity (Wildman–Crippen MR) is 136 cm³/mol. The van der Waals surface area contributed by atoms with Gasteiger partial charge in [0.25, 0.3) is 0 Å². The molecule has 8 nitrogen and oxygen atoms in total. The van der Waals surface area contributed by atoms with E-state index in [2.05, 4.69) is 15.5 Å². The predicted octanol–water partition coefficient (Wildman–Crippen LogP) is 3.45. The number of alkyl halides is 1. The highest BCUT2D eigenvalue weighted by molar-refractivity contribution is 5.88. The summed E-state index contributed by atoms with van der Waals surface area (Å²) >= 11 is 0. The maximum absolute atomic E-state index is 14.9. The molecule has 10 heteroatoms. The first-order valence-corrected chi connectivity index (χ1v) is 12.3. The summed E-state index contributed by atoms with van der Waals surface area (Å²) in [5.74, 6) is -0.722. The summed E-state index contributed by atoms with van der Waals surface area (Å²) in [5, 5.41) is 11.2. The first-order chi connectivity index (χ1) is 17.6. The summed E-state index contributed by atoms with van der Waals surface area (Å²) in [5.41, 5.74) is 1.89. The van der Waals surface area contributed by atoms with Crippen LogP contribution in [0.1, 0.15) is 48.9 Å². The molecule has 1 aliphatic heterocycles. The zero-order valence-corrected chi connectivity index (χ0v) is 21.4. The van der Waals surface area contributed by atoms with Crippen molar-refractivity contribution in [1.29, 1.82) is 0 Å². The van der Waals surface area contributed by atoms with Gasteiger partial charge in [0, 0.05) is 20.5 Å². The summed E-state index contributed by atoms with van der Waals surface area (Å²) in [4.78, 5) is 30.7. The third kappa shape index (κ3) is 5.95. The molecule has 0 bridgehead atoms. The molecule has 0 radical (unpaired) electrons. The van der Waals surface area contributed by atoms with Crippen LogP contribution in [0.15, 0.2) is 54.7 Å². The van der Waals surface area contributed by atoms with Crippen molar-refractivity contribution >= 4 is 17.6 Å². The van der Waals surface area contributed by atoms with Crippen molar-refractivity contribution in [2.75, 3.05) is 25.5 Å². The number of carbonyl (C=O) groups is 2. The van der Waals surface area contributed by atoms with Crippen molar-refractivity contribution in [3.8, 4) is 0 Å². The second-order valence-corrected chi connectivity index (χ2v) is 9.81. The van der Waals surface area contributed by atoms with E-state index in [1.54, 1.807) is 31.1 Å². The summed E-state index contributed by atoms with van der Waals surface area (Å²) in [6, 6.07) is 12.4. The molecule has 0 saturated carbocycles. The number of nitrogens with zero attached hydrogens (tertiary/aromatic N) is 5. The van der Waals surface area contributed by atoms with E-state index >= 15 is 0 Å². The summed E-state index contributed by atoms with van der Waals surface area (Å²) < 4.78 is 29.3. The Kier molecular flexibility index (Phi) is 7.85. The highest BCUT2D eigenvalue weighted by Gasteiger charge is 2.40. The molecule has 1 aromatic heterocycles. The SMILES string of the molecule is CC(C)c1ccc(C(NC(=O)C2CC(F)CN2C(=O)Cn2ncc(N(C)C)n2)c2ccccc2)cc1F. The maximum Gasteiger partial charge on any atom is 0.246 e. The summed E-state index contributed by atoms with van der Waals surface area (Å²) in [6.45, 7) is 3.42. The third-order valence-electron chi connectivity index (χ3n) is 6.53. The molecule has 3 atom stereocenters. The minimum absolute atomic E-state index is 0.0106. The van der Waals surface area contributed by atoms with E-state index < -0.39 is 30.1 Å². The fraction of sp³-hybridized carbons (Fsp3) is 0.407. The fourth-order valence-electron chi connectivity index (χ4n) is 4.52. The molecule has 4 rings (SSSR count). The van der Waals surface area contributed by atoms with E-state index in [1.165, 1.54) is 22.0 Å². The van der Waals surface area contributed by atoms with Gasteiger partial charge < -0.3 is 15.1 Å². The minimum Gasteiger partial charge on any atom is -0.360 e. The Morgan fingerprint density at radius 2 is 1.86 bits per heavy atom. The van der Waals surface area contributed by atoms with Gasteiger partial charge in [-0.25, -0.2) is 8.78 Å². The largest absolute Gasteiger partial charge is 0.360 e. The lowest BCUT2D eigenvalue weighted by molar-refractivity contribution is -0.139. The van der Waals surface area contributed by atoms with Crippen LogP contribution in [0.5, 0.6) is 0 Å². The van der Waals surface area contributed by atoms with Crippen LogP contribution in [0, 0.1) is 5.82 Å². The van der Waals surface area contributed by atoms with Crippen molar-refractivity contribution in [1.82, 2.24) is 25.2 Å². The average molecular weight is 511 g/mol. The zero-order valence-electron chi connectivity index (χ0n) is 21.4. The molecule has 0 aliphatic carbocycles. The summed E-state index contributed by atoms with van der Waals surface area (Å²) in [7, 11) is 3.60. The van der Waals surface area contributed by atoms with Gasteiger partial charge in [-0.3, -0.25) is 9.59 Å². The molecule has 3 aromatic rings. The van der Waals surface area contributed by atoms with Gasteiger partial charge in [-0.05, 0) is 28.7 Å². The van der Waals surface area contributed by atoms with Crippen LogP contribution in [-0.2, 0) is 16.1 Å². The number of halogens is 2. The number of aromatic nitrogens is 3. The van der Waals surface area contributed by atoms with E-state index in [9.17, 15) is 18.4 Å². The molecule has 3 unspecified atom stereocenters. The quantitative estimate of drug-likeness (QED) is 0.502. The Hall–Kier alpha value is -3.82. The van der Waals surface area contributed by atoms with Gasteiger partial charge in [-0.15, -0.1) is 5.10 Å². The van der Waals surface area contributed by atoms with Crippen LogP contribution in [0.25, 0.3) is 0 Å². The van der Waals surface area contributed by atoms with Gasteiger partial charge in [-0.1, -0.05) is 56.3 Å². The normalized spacial score (nSPS) is 18.2. The molecule has 2 heterocycles. The number of rotatable bonds is 8. The first-order valence-electron chi connectivity index (χ1n) is 12.3. The molecule has 1 saturated heterocycles. The van der Waals surface area contributed by atoms with Crippen LogP contribution in [0.2, 0.25) is 0 Å². The van der Waals surface area contributed by atoms with Crippen molar-refractivity contribution in [2.45, 2.75) is 51.0 Å². The van der Waals surface area contributed by atoms with E-state index in [0.29, 0.717) is 16.9 Å². The van der Waals surface area contributed by atoms with Gasteiger partial charge in [0.1, 0.15) is 24.6 Å². The number of hydrogen-bond donors (Lipinski definition) is 1. The number of likely N-dealkylation sites (tertiary alicyclic amines) is 1.